The first-order valence-corrected chi connectivity index (χ1v) is 4.20. The van der Waals surface area contributed by atoms with Gasteiger partial charge >= 0.3 is 58.6 Å². The van der Waals surface area contributed by atoms with E-state index in [1.54, 1.807) is 19.8 Å². The molecule has 0 N–H and O–H groups in total. The van der Waals surface area contributed by atoms with Crippen LogP contribution in [0.2, 0.25) is 4.31 Å². The fourth-order valence-corrected chi connectivity index (χ4v) is 3.72. The Morgan fingerprint density at radius 3 is 2.17 bits per heavy atom. The summed E-state index contributed by atoms with van der Waals surface area (Å²) in [4.78, 5) is 0. The second-order valence-electron chi connectivity index (χ2n) is 1.49. The van der Waals surface area contributed by atoms with E-state index in [0.29, 0.717) is 0 Å². The van der Waals surface area contributed by atoms with Crippen LogP contribution in [0.4, 0.5) is 0 Å². The number of hydrogen-bond donors (Lipinski definition) is 0. The molecular formula is C3H5NVW. The third-order valence-electron chi connectivity index (χ3n) is 0.829. The Morgan fingerprint density at radius 1 is 1.67 bits per heavy atom. The molecule has 3 heteroatoms. The minimum atomic E-state index is 1.04. The Balaban J connectivity index is 2.11. The fraction of sp³-hybridized carbons (Fsp3) is 1.00. The van der Waals surface area contributed by atoms with Crippen LogP contribution < -0.4 is 0 Å². The van der Waals surface area contributed by atoms with E-state index in [0.717, 1.165) is 4.31 Å². The summed E-state index contributed by atoms with van der Waals surface area (Å²) in [6.45, 7) is 2.63. The quantitative estimate of drug-likeness (QED) is 0.611. The Labute approximate surface area is 58.6 Å². The van der Waals surface area contributed by atoms with Gasteiger partial charge in [-0.15, -0.1) is 0 Å². The summed E-state index contributed by atoms with van der Waals surface area (Å²) < 4.78 is 3.32. The molecule has 0 aliphatic carbocycles. The summed E-state index contributed by atoms with van der Waals surface area (Å²) in [7, 11) is 0. The summed E-state index contributed by atoms with van der Waals surface area (Å²) in [6, 6.07) is 0. The van der Waals surface area contributed by atoms with Crippen molar-refractivity contribution >= 4 is 0 Å². The van der Waals surface area contributed by atoms with Crippen molar-refractivity contribution in [1.29, 1.82) is 0 Å². The van der Waals surface area contributed by atoms with E-state index in [1.807, 2.05) is 0 Å². The van der Waals surface area contributed by atoms with Crippen molar-refractivity contribution in [2.45, 2.75) is 4.31 Å². The van der Waals surface area contributed by atoms with Crippen LogP contribution in [0, 0.1) is 0 Å². The zero-order valence-electron chi connectivity index (χ0n) is 3.29. The molecule has 0 aromatic rings. The van der Waals surface area contributed by atoms with Crippen LogP contribution in [0.25, 0.3) is 0 Å². The molecule has 1 saturated heterocycles. The van der Waals surface area contributed by atoms with E-state index in [-0.39, 0.29) is 0 Å². The predicted octanol–water partition coefficient (Wildman–Crippen LogP) is 0.0991. The van der Waals surface area contributed by atoms with Gasteiger partial charge in [-0.3, -0.25) is 0 Å². The van der Waals surface area contributed by atoms with Gasteiger partial charge in [0.05, 0.1) is 0 Å². The molecule has 0 saturated carbocycles. The van der Waals surface area contributed by atoms with Gasteiger partial charge in [-0.1, -0.05) is 0 Å². The van der Waals surface area contributed by atoms with Crippen molar-refractivity contribution in [1.82, 2.24) is 3.75 Å². The van der Waals surface area contributed by atoms with Crippen molar-refractivity contribution in [2.24, 2.45) is 0 Å². The third kappa shape index (κ3) is 1.10. The molecule has 1 aliphatic rings. The van der Waals surface area contributed by atoms with Gasteiger partial charge < -0.3 is 0 Å². The van der Waals surface area contributed by atoms with Crippen LogP contribution in [-0.4, -0.2) is 16.8 Å². The standard InChI is InChI=1S/C3H5N.V.W/c1-2-4-3-1;;/h1H,2-3H2;;/q-1;+1;. The van der Waals surface area contributed by atoms with Gasteiger partial charge in [0.1, 0.15) is 0 Å². The SMILES string of the molecule is [V][N]1C[CH]([W])C1. The van der Waals surface area contributed by atoms with E-state index in [4.69, 9.17) is 0 Å². The van der Waals surface area contributed by atoms with Crippen LogP contribution in [0.5, 0.6) is 0 Å². The number of hydrogen-bond acceptors (Lipinski definition) is 1. The van der Waals surface area contributed by atoms with Crippen LogP contribution >= 0.6 is 0 Å². The van der Waals surface area contributed by atoms with Gasteiger partial charge in [0.25, 0.3) is 0 Å². The Morgan fingerprint density at radius 2 is 2.17 bits per heavy atom. The van der Waals surface area contributed by atoms with Crippen LogP contribution in [0.15, 0.2) is 0 Å². The van der Waals surface area contributed by atoms with Crippen LogP contribution in [0.1, 0.15) is 0 Å². The average Bonchev–Trinajstić information content (AvgIpc) is 1.33. The van der Waals surface area contributed by atoms with Crippen LogP contribution in [0.3, 0.4) is 0 Å². The molecule has 0 radical (unpaired) electrons. The first-order valence-electron chi connectivity index (χ1n) is 1.88. The molecule has 0 aromatic heterocycles. The maximum absolute atomic E-state index is 2.56. The minimum absolute atomic E-state index is 1.04. The fourth-order valence-electron chi connectivity index (χ4n) is 0.417. The molecule has 0 atom stereocenters. The summed E-state index contributed by atoms with van der Waals surface area (Å²) in [5.74, 6) is 0. The van der Waals surface area contributed by atoms with Gasteiger partial charge in [-0.25, -0.2) is 0 Å². The average molecular weight is 290 g/mol. The number of nitrogens with zero attached hydrogens (tertiary/aromatic N) is 1. The molecule has 1 rings (SSSR count). The van der Waals surface area contributed by atoms with E-state index in [1.165, 1.54) is 13.1 Å². The van der Waals surface area contributed by atoms with E-state index < -0.39 is 0 Å². The molecule has 1 fully saturated rings. The first kappa shape index (κ1) is 5.37. The van der Waals surface area contributed by atoms with Gasteiger partial charge in [-0.05, 0) is 0 Å². The van der Waals surface area contributed by atoms with Crippen LogP contribution in [-0.2, 0) is 37.5 Å². The topological polar surface area (TPSA) is 3.24 Å². The predicted molar refractivity (Wildman–Crippen MR) is 15.3 cm³/mol. The summed E-state index contributed by atoms with van der Waals surface area (Å²) in [5.41, 5.74) is 0. The molecule has 0 aromatic carbocycles. The van der Waals surface area contributed by atoms with Crippen molar-refractivity contribution in [3.05, 3.63) is 0 Å². The second-order valence-corrected chi connectivity index (χ2v) is 4.77. The van der Waals surface area contributed by atoms with Crippen molar-refractivity contribution < 1.29 is 37.5 Å². The van der Waals surface area contributed by atoms with E-state index in [9.17, 15) is 0 Å². The van der Waals surface area contributed by atoms with Gasteiger partial charge in [0.15, 0.2) is 0 Å². The van der Waals surface area contributed by atoms with Crippen molar-refractivity contribution in [3.8, 4) is 0 Å². The van der Waals surface area contributed by atoms with E-state index >= 15 is 0 Å². The Bertz CT molecular complexity index is 46.8. The molecule has 0 unspecified atom stereocenters. The molecule has 0 amide bonds. The van der Waals surface area contributed by atoms with Crippen molar-refractivity contribution in [2.75, 3.05) is 13.1 Å². The Kier molecular flexibility index (Phi) is 1.79. The molecule has 0 bridgehead atoms. The molecule has 0 spiro atoms. The second kappa shape index (κ2) is 2.00. The summed E-state index contributed by atoms with van der Waals surface area (Å²) in [6.07, 6.45) is 0. The maximum atomic E-state index is 2.56. The third-order valence-corrected chi connectivity index (χ3v) is 2.41. The van der Waals surface area contributed by atoms with Gasteiger partial charge in [0.2, 0.25) is 0 Å². The zero-order valence-corrected chi connectivity index (χ0v) is 7.62. The monoisotopic (exact) mass is 290 g/mol. The Hall–Kier alpha value is 1.23. The molecule has 1 heterocycles. The molecule has 1 nitrogen and oxygen atoms in total. The van der Waals surface area contributed by atoms with Crippen molar-refractivity contribution in [3.63, 3.8) is 0 Å². The number of rotatable bonds is 0. The summed E-state index contributed by atoms with van der Waals surface area (Å²) >= 11 is 4.30. The zero-order chi connectivity index (χ0) is 4.57. The molecule has 6 heavy (non-hydrogen) atoms. The van der Waals surface area contributed by atoms with Gasteiger partial charge in [-0.2, -0.15) is 0 Å². The summed E-state index contributed by atoms with van der Waals surface area (Å²) in [5, 5.41) is 0. The molecule has 33 valence electrons. The van der Waals surface area contributed by atoms with E-state index in [2.05, 4.69) is 21.4 Å². The normalized spacial score (nSPS) is 26.7. The van der Waals surface area contributed by atoms with Gasteiger partial charge in [0, 0.05) is 0 Å². The molecular weight excluding hydrogens is 285 g/mol. The molecule has 1 aliphatic heterocycles. The first-order chi connectivity index (χ1) is 2.79.